The van der Waals surface area contributed by atoms with E-state index in [0.717, 1.165) is 25.0 Å². The summed E-state index contributed by atoms with van der Waals surface area (Å²) < 4.78 is 28.8. The number of hydrogen-bond donors (Lipinski definition) is 2. The smallest absolute Gasteiger partial charge is 0.240 e. The van der Waals surface area contributed by atoms with Gasteiger partial charge in [0.1, 0.15) is 0 Å². The molecule has 4 aliphatic rings. The number of hydrogen-bond acceptors (Lipinski definition) is 5. The molecule has 1 heterocycles. The maximum absolute atomic E-state index is 13.3. The van der Waals surface area contributed by atoms with E-state index in [1.165, 1.54) is 30.6 Å². The van der Waals surface area contributed by atoms with Gasteiger partial charge in [0, 0.05) is 11.8 Å². The van der Waals surface area contributed by atoms with Gasteiger partial charge in [-0.3, -0.25) is 4.72 Å². The zero-order valence-electron chi connectivity index (χ0n) is 15.7. The molecule has 0 aliphatic heterocycles. The normalized spacial score (nSPS) is 33.6. The maximum Gasteiger partial charge on any atom is 0.240 e. The van der Waals surface area contributed by atoms with E-state index in [4.69, 9.17) is 0 Å². The minimum atomic E-state index is -3.44. The SMILES string of the molecule is CCC(O)(CC)Cc1csc(NS(=O)(=O)C23CC4CC(CC(C4)C2)C3)n1. The van der Waals surface area contributed by atoms with Crippen LogP contribution < -0.4 is 4.72 Å². The molecule has 0 aromatic carbocycles. The Morgan fingerprint density at radius 2 is 1.73 bits per heavy atom. The van der Waals surface area contributed by atoms with Crippen LogP contribution in [0.5, 0.6) is 0 Å². The van der Waals surface area contributed by atoms with Crippen LogP contribution in [0, 0.1) is 17.8 Å². The lowest BCUT2D eigenvalue weighted by Gasteiger charge is -2.55. The summed E-state index contributed by atoms with van der Waals surface area (Å²) in [6, 6.07) is 0. The number of nitrogens with one attached hydrogen (secondary N) is 1. The number of nitrogens with zero attached hydrogens (tertiary/aromatic N) is 1. The summed E-state index contributed by atoms with van der Waals surface area (Å²) in [5.41, 5.74) is 0.00820. The Morgan fingerprint density at radius 3 is 2.23 bits per heavy atom. The fraction of sp³-hybridized carbons (Fsp3) is 0.842. The van der Waals surface area contributed by atoms with Crippen LogP contribution in [0.2, 0.25) is 0 Å². The van der Waals surface area contributed by atoms with Crippen molar-refractivity contribution in [2.24, 2.45) is 17.8 Å². The number of aromatic nitrogens is 1. The second kappa shape index (κ2) is 6.45. The van der Waals surface area contributed by atoms with Crippen molar-refractivity contribution in [2.75, 3.05) is 4.72 Å². The van der Waals surface area contributed by atoms with Gasteiger partial charge >= 0.3 is 0 Å². The molecule has 0 radical (unpaired) electrons. The summed E-state index contributed by atoms with van der Waals surface area (Å²) in [6.45, 7) is 3.93. The number of thiazole rings is 1. The van der Waals surface area contributed by atoms with Crippen molar-refractivity contribution in [1.82, 2.24) is 4.98 Å². The lowest BCUT2D eigenvalue weighted by Crippen LogP contribution is -2.56. The molecule has 4 fully saturated rings. The largest absolute Gasteiger partial charge is 0.390 e. The molecular formula is C19H30N2O3S2. The van der Waals surface area contributed by atoms with Gasteiger partial charge < -0.3 is 5.11 Å². The fourth-order valence-corrected chi connectivity index (χ4v) is 8.79. The highest BCUT2D eigenvalue weighted by Crippen LogP contribution is 2.58. The Labute approximate surface area is 160 Å². The van der Waals surface area contributed by atoms with Crippen molar-refractivity contribution in [1.29, 1.82) is 0 Å². The van der Waals surface area contributed by atoms with Crippen molar-refractivity contribution in [3.8, 4) is 0 Å². The quantitative estimate of drug-likeness (QED) is 0.729. The van der Waals surface area contributed by atoms with Crippen LogP contribution in [0.25, 0.3) is 0 Å². The molecule has 0 unspecified atom stereocenters. The topological polar surface area (TPSA) is 79.3 Å². The molecule has 1 aromatic heterocycles. The molecule has 5 nitrogen and oxygen atoms in total. The number of sulfonamides is 1. The summed E-state index contributed by atoms with van der Waals surface area (Å²) in [5.74, 6) is 1.77. The second-order valence-electron chi connectivity index (χ2n) is 8.96. The fourth-order valence-electron chi connectivity index (χ4n) is 5.86. The lowest BCUT2D eigenvalue weighted by molar-refractivity contribution is 0.0318. The third-order valence-corrected chi connectivity index (χ3v) is 10.2. The highest BCUT2D eigenvalue weighted by Gasteiger charge is 2.57. The molecule has 4 bridgehead atoms. The standard InChI is InChI=1S/C19H30N2O3S2/c1-3-18(22,4-2)11-16-12-25-17(20-16)21-26(23,24)19-8-13-5-14(9-19)7-15(6-13)10-19/h12-15,22H,3-11H2,1-2H3,(H,20,21). The van der Waals surface area contributed by atoms with E-state index in [0.29, 0.717) is 42.1 Å². The van der Waals surface area contributed by atoms with Crippen LogP contribution >= 0.6 is 11.3 Å². The summed E-state index contributed by atoms with van der Waals surface area (Å²) in [5, 5.41) is 12.8. The lowest BCUT2D eigenvalue weighted by atomic mass is 9.56. The van der Waals surface area contributed by atoms with Gasteiger partial charge in [0.05, 0.1) is 16.0 Å². The van der Waals surface area contributed by atoms with Gasteiger partial charge in [0.25, 0.3) is 0 Å². The van der Waals surface area contributed by atoms with Crippen molar-refractivity contribution in [3.63, 3.8) is 0 Å². The highest BCUT2D eigenvalue weighted by molar-refractivity contribution is 7.94. The molecule has 0 saturated heterocycles. The first kappa shape index (κ1) is 18.7. The van der Waals surface area contributed by atoms with Gasteiger partial charge in [-0.2, -0.15) is 0 Å². The molecular weight excluding hydrogens is 368 g/mol. The molecule has 4 saturated carbocycles. The molecule has 146 valence electrons. The first-order chi connectivity index (χ1) is 12.3. The van der Waals surface area contributed by atoms with E-state index in [9.17, 15) is 13.5 Å². The third-order valence-electron chi connectivity index (χ3n) is 7.15. The van der Waals surface area contributed by atoms with E-state index in [1.54, 1.807) is 0 Å². The van der Waals surface area contributed by atoms with Crippen LogP contribution in [0.3, 0.4) is 0 Å². The Bertz CT molecular complexity index is 732. The summed E-state index contributed by atoms with van der Waals surface area (Å²) in [4.78, 5) is 4.47. The minimum Gasteiger partial charge on any atom is -0.390 e. The average Bonchev–Trinajstić information content (AvgIpc) is 2.99. The zero-order valence-corrected chi connectivity index (χ0v) is 17.3. The molecule has 5 rings (SSSR count). The van der Waals surface area contributed by atoms with E-state index in [2.05, 4.69) is 9.71 Å². The average molecular weight is 399 g/mol. The van der Waals surface area contributed by atoms with Gasteiger partial charge in [-0.1, -0.05) is 13.8 Å². The predicted molar refractivity (Wildman–Crippen MR) is 105 cm³/mol. The van der Waals surface area contributed by atoms with Gasteiger partial charge in [-0.05, 0) is 69.1 Å². The van der Waals surface area contributed by atoms with Crippen molar-refractivity contribution >= 4 is 26.5 Å². The minimum absolute atomic E-state index is 0.449. The van der Waals surface area contributed by atoms with Crippen molar-refractivity contribution in [2.45, 2.75) is 82.0 Å². The van der Waals surface area contributed by atoms with E-state index >= 15 is 0 Å². The van der Waals surface area contributed by atoms with Crippen molar-refractivity contribution < 1.29 is 13.5 Å². The molecule has 0 amide bonds. The zero-order chi connectivity index (χ0) is 18.6. The summed E-state index contributed by atoms with van der Waals surface area (Å²) in [7, 11) is -3.44. The van der Waals surface area contributed by atoms with Crippen LogP contribution in [0.15, 0.2) is 5.38 Å². The monoisotopic (exact) mass is 398 g/mol. The molecule has 1 aromatic rings. The first-order valence-corrected chi connectivity index (χ1v) is 12.3. The van der Waals surface area contributed by atoms with Crippen LogP contribution in [0.1, 0.15) is 70.9 Å². The molecule has 7 heteroatoms. The molecule has 26 heavy (non-hydrogen) atoms. The van der Waals surface area contributed by atoms with Crippen LogP contribution in [-0.2, 0) is 16.4 Å². The van der Waals surface area contributed by atoms with Gasteiger partial charge in [-0.25, -0.2) is 13.4 Å². The van der Waals surface area contributed by atoms with Crippen LogP contribution in [-0.4, -0.2) is 28.9 Å². The number of anilines is 1. The molecule has 0 atom stereocenters. The van der Waals surface area contributed by atoms with Crippen molar-refractivity contribution in [3.05, 3.63) is 11.1 Å². The van der Waals surface area contributed by atoms with E-state index < -0.39 is 20.4 Å². The Balaban J connectivity index is 1.51. The first-order valence-electron chi connectivity index (χ1n) is 9.95. The summed E-state index contributed by atoms with van der Waals surface area (Å²) >= 11 is 1.33. The van der Waals surface area contributed by atoms with Gasteiger partial charge in [0.2, 0.25) is 10.0 Å². The second-order valence-corrected chi connectivity index (χ2v) is 11.9. The van der Waals surface area contributed by atoms with Gasteiger partial charge in [0.15, 0.2) is 5.13 Å². The number of rotatable bonds is 7. The molecule has 4 aliphatic carbocycles. The Morgan fingerprint density at radius 1 is 1.19 bits per heavy atom. The summed E-state index contributed by atoms with van der Waals surface area (Å²) in [6.07, 6.45) is 7.92. The molecule has 2 N–H and O–H groups in total. The van der Waals surface area contributed by atoms with Gasteiger partial charge in [-0.15, -0.1) is 11.3 Å². The van der Waals surface area contributed by atoms with Crippen LogP contribution in [0.4, 0.5) is 5.13 Å². The maximum atomic E-state index is 13.3. The Hall–Kier alpha value is -0.660. The molecule has 0 spiro atoms. The highest BCUT2D eigenvalue weighted by atomic mass is 32.2. The number of aliphatic hydroxyl groups is 1. The Kier molecular flexibility index (Phi) is 4.64. The van der Waals surface area contributed by atoms with E-state index in [1.807, 2.05) is 19.2 Å². The van der Waals surface area contributed by atoms with E-state index in [-0.39, 0.29) is 0 Å². The predicted octanol–water partition coefficient (Wildman–Crippen LogP) is 3.95. The third kappa shape index (κ3) is 3.20.